The predicted molar refractivity (Wildman–Crippen MR) is 64.1 cm³/mol. The third-order valence-electron chi connectivity index (χ3n) is 1.88. The highest BCUT2D eigenvalue weighted by molar-refractivity contribution is 8.01. The first-order valence-corrected chi connectivity index (χ1v) is 6.29. The van der Waals surface area contributed by atoms with E-state index < -0.39 is 4.92 Å². The molecule has 0 saturated carbocycles. The molecule has 0 amide bonds. The van der Waals surface area contributed by atoms with Crippen LogP contribution in [0.2, 0.25) is 0 Å². The largest absolute Gasteiger partial charge is 0.396 e. The van der Waals surface area contributed by atoms with Crippen LogP contribution >= 0.6 is 23.1 Å². The van der Waals surface area contributed by atoms with Crippen LogP contribution in [0.3, 0.4) is 0 Å². The molecular formula is C9H8N2O3S2. The van der Waals surface area contributed by atoms with Gasteiger partial charge in [0.2, 0.25) is 0 Å². The maximum Gasteiger partial charge on any atom is 0.270 e. The maximum atomic E-state index is 10.6. The molecule has 0 atom stereocenters. The predicted octanol–water partition coefficient (Wildman–Crippen LogP) is 2.29. The van der Waals surface area contributed by atoms with Crippen molar-refractivity contribution in [2.45, 2.75) is 4.34 Å². The van der Waals surface area contributed by atoms with E-state index >= 15 is 0 Å². The van der Waals surface area contributed by atoms with Gasteiger partial charge in [-0.25, -0.2) is 4.98 Å². The van der Waals surface area contributed by atoms with Crippen molar-refractivity contribution in [1.29, 1.82) is 0 Å². The van der Waals surface area contributed by atoms with Crippen molar-refractivity contribution in [2.75, 3.05) is 12.4 Å². The lowest BCUT2D eigenvalue weighted by atomic mass is 10.3. The van der Waals surface area contributed by atoms with Gasteiger partial charge in [-0.15, -0.1) is 11.3 Å². The van der Waals surface area contributed by atoms with Gasteiger partial charge in [-0.1, -0.05) is 11.8 Å². The van der Waals surface area contributed by atoms with Crippen LogP contribution in [-0.4, -0.2) is 27.4 Å². The molecule has 0 bridgehead atoms. The van der Waals surface area contributed by atoms with Gasteiger partial charge in [0.15, 0.2) is 4.34 Å². The van der Waals surface area contributed by atoms with E-state index in [9.17, 15) is 10.1 Å². The first-order valence-electron chi connectivity index (χ1n) is 4.49. The highest BCUT2D eigenvalue weighted by Gasteiger charge is 2.10. The molecule has 0 aliphatic rings. The standard InChI is InChI=1S/C9H8N2O3S2/c12-3-4-15-9-10-7-2-1-6(11(13)14)5-8(7)16-9/h1-2,5,12H,3-4H2. The summed E-state index contributed by atoms with van der Waals surface area (Å²) in [6.45, 7) is 0.0980. The number of fused-ring (bicyclic) bond motifs is 1. The lowest BCUT2D eigenvalue weighted by Crippen LogP contribution is -1.86. The molecule has 2 aromatic rings. The van der Waals surface area contributed by atoms with Crippen LogP contribution in [0.4, 0.5) is 5.69 Å². The smallest absolute Gasteiger partial charge is 0.270 e. The van der Waals surface area contributed by atoms with Crippen LogP contribution in [0, 0.1) is 10.1 Å². The second kappa shape index (κ2) is 4.77. The molecule has 16 heavy (non-hydrogen) atoms. The number of hydrogen-bond donors (Lipinski definition) is 1. The Labute approximate surface area is 99.3 Å². The number of nitro groups is 1. The van der Waals surface area contributed by atoms with Gasteiger partial charge in [-0.2, -0.15) is 0 Å². The Morgan fingerprint density at radius 3 is 3.06 bits per heavy atom. The van der Waals surface area contributed by atoms with Crippen molar-refractivity contribution in [3.8, 4) is 0 Å². The molecule has 0 saturated heterocycles. The lowest BCUT2D eigenvalue weighted by Gasteiger charge is -1.89. The summed E-state index contributed by atoms with van der Waals surface area (Å²) in [6.07, 6.45) is 0. The molecule has 0 aliphatic heterocycles. The number of nitro benzene ring substituents is 1. The van der Waals surface area contributed by atoms with E-state index in [0.29, 0.717) is 5.75 Å². The topological polar surface area (TPSA) is 76.3 Å². The van der Waals surface area contributed by atoms with Gasteiger partial charge in [-0.05, 0) is 6.07 Å². The molecule has 84 valence electrons. The van der Waals surface area contributed by atoms with Gasteiger partial charge in [0.05, 0.1) is 21.7 Å². The molecular weight excluding hydrogens is 248 g/mol. The Kier molecular flexibility index (Phi) is 3.37. The summed E-state index contributed by atoms with van der Waals surface area (Å²) in [5, 5.41) is 19.3. The first-order chi connectivity index (χ1) is 7.70. The fraction of sp³-hybridized carbons (Fsp3) is 0.222. The van der Waals surface area contributed by atoms with Crippen molar-refractivity contribution in [3.63, 3.8) is 0 Å². The van der Waals surface area contributed by atoms with Crippen molar-refractivity contribution < 1.29 is 10.0 Å². The minimum absolute atomic E-state index is 0.0786. The highest BCUT2D eigenvalue weighted by atomic mass is 32.2. The first kappa shape index (κ1) is 11.3. The van der Waals surface area contributed by atoms with Crippen LogP contribution in [0.5, 0.6) is 0 Å². The molecule has 5 nitrogen and oxygen atoms in total. The second-order valence-electron chi connectivity index (χ2n) is 2.96. The zero-order valence-electron chi connectivity index (χ0n) is 8.12. The average Bonchev–Trinajstić information content (AvgIpc) is 2.67. The number of aliphatic hydroxyl groups excluding tert-OH is 1. The van der Waals surface area contributed by atoms with E-state index in [-0.39, 0.29) is 12.3 Å². The normalized spacial score (nSPS) is 10.8. The fourth-order valence-electron chi connectivity index (χ4n) is 1.20. The van der Waals surface area contributed by atoms with E-state index in [1.54, 1.807) is 6.07 Å². The van der Waals surface area contributed by atoms with Crippen LogP contribution < -0.4 is 0 Å². The summed E-state index contributed by atoms with van der Waals surface area (Å²) in [4.78, 5) is 14.5. The number of benzene rings is 1. The van der Waals surface area contributed by atoms with Crippen LogP contribution in [-0.2, 0) is 0 Å². The number of aromatic nitrogens is 1. The van der Waals surface area contributed by atoms with E-state index in [2.05, 4.69) is 4.98 Å². The monoisotopic (exact) mass is 256 g/mol. The molecule has 1 aromatic carbocycles. The van der Waals surface area contributed by atoms with Crippen molar-refractivity contribution in [2.24, 2.45) is 0 Å². The zero-order valence-corrected chi connectivity index (χ0v) is 9.75. The van der Waals surface area contributed by atoms with Crippen LogP contribution in [0.1, 0.15) is 0 Å². The molecule has 0 unspecified atom stereocenters. The second-order valence-corrected chi connectivity index (χ2v) is 5.33. The van der Waals surface area contributed by atoms with Crippen LogP contribution in [0.25, 0.3) is 10.2 Å². The van der Waals surface area contributed by atoms with E-state index in [1.807, 2.05) is 0 Å². The summed E-state index contributed by atoms with van der Waals surface area (Å²) in [6, 6.07) is 4.62. The van der Waals surface area contributed by atoms with Gasteiger partial charge >= 0.3 is 0 Å². The van der Waals surface area contributed by atoms with Gasteiger partial charge in [-0.3, -0.25) is 10.1 Å². The van der Waals surface area contributed by atoms with Gasteiger partial charge in [0.1, 0.15) is 0 Å². The molecule has 1 heterocycles. The van der Waals surface area contributed by atoms with Gasteiger partial charge in [0.25, 0.3) is 5.69 Å². The minimum atomic E-state index is -0.417. The van der Waals surface area contributed by atoms with Crippen molar-refractivity contribution in [3.05, 3.63) is 28.3 Å². The molecule has 1 N–H and O–H groups in total. The molecule has 0 spiro atoms. The number of non-ortho nitro benzene ring substituents is 1. The Hall–Kier alpha value is -1.18. The number of thiazole rings is 1. The zero-order chi connectivity index (χ0) is 11.5. The minimum Gasteiger partial charge on any atom is -0.396 e. The summed E-state index contributed by atoms with van der Waals surface area (Å²) >= 11 is 2.85. The third-order valence-corrected chi connectivity index (χ3v) is 4.02. The summed E-state index contributed by atoms with van der Waals surface area (Å²) in [5.74, 6) is 0.585. The summed E-state index contributed by atoms with van der Waals surface area (Å²) in [7, 11) is 0. The average molecular weight is 256 g/mol. The fourth-order valence-corrected chi connectivity index (χ4v) is 3.11. The Bertz CT molecular complexity index is 526. The van der Waals surface area contributed by atoms with E-state index in [0.717, 1.165) is 14.6 Å². The van der Waals surface area contributed by atoms with E-state index in [1.165, 1.54) is 35.2 Å². The van der Waals surface area contributed by atoms with Crippen molar-refractivity contribution in [1.82, 2.24) is 4.98 Å². The molecule has 7 heteroatoms. The summed E-state index contributed by atoms with van der Waals surface area (Å²) in [5.41, 5.74) is 0.839. The molecule has 1 aromatic heterocycles. The number of aliphatic hydroxyl groups is 1. The molecule has 0 aliphatic carbocycles. The Morgan fingerprint density at radius 2 is 2.38 bits per heavy atom. The number of thioether (sulfide) groups is 1. The van der Waals surface area contributed by atoms with Crippen molar-refractivity contribution >= 4 is 39.0 Å². The number of nitrogens with zero attached hydrogens (tertiary/aromatic N) is 2. The quantitative estimate of drug-likeness (QED) is 0.516. The lowest BCUT2D eigenvalue weighted by molar-refractivity contribution is -0.384. The van der Waals surface area contributed by atoms with Crippen LogP contribution in [0.15, 0.2) is 22.5 Å². The molecule has 2 rings (SSSR count). The Morgan fingerprint density at radius 1 is 1.56 bits per heavy atom. The van der Waals surface area contributed by atoms with Gasteiger partial charge in [0, 0.05) is 17.9 Å². The maximum absolute atomic E-state index is 10.6. The SMILES string of the molecule is O=[N+]([O-])c1ccc2nc(SCCO)sc2c1. The summed E-state index contributed by atoms with van der Waals surface area (Å²) < 4.78 is 1.62. The van der Waals surface area contributed by atoms with E-state index in [4.69, 9.17) is 5.11 Å². The molecule has 0 fully saturated rings. The van der Waals surface area contributed by atoms with Gasteiger partial charge < -0.3 is 5.11 Å². The Balaban J connectivity index is 2.34. The number of rotatable bonds is 4. The molecule has 0 radical (unpaired) electrons. The highest BCUT2D eigenvalue weighted by Crippen LogP contribution is 2.31. The number of hydrogen-bond acceptors (Lipinski definition) is 6. The third kappa shape index (κ3) is 2.31.